The maximum Gasteiger partial charge on any atom is 0.338 e. The lowest BCUT2D eigenvalue weighted by atomic mass is 10.2. The van der Waals surface area contributed by atoms with Crippen LogP contribution in [0.15, 0.2) is 42.5 Å². The van der Waals surface area contributed by atoms with E-state index in [1.165, 1.54) is 16.2 Å². The van der Waals surface area contributed by atoms with Crippen LogP contribution >= 0.6 is 11.3 Å². The maximum absolute atomic E-state index is 12.7. The van der Waals surface area contributed by atoms with Gasteiger partial charge in [-0.3, -0.25) is 9.69 Å². The van der Waals surface area contributed by atoms with Crippen LogP contribution in [0.2, 0.25) is 0 Å². The predicted octanol–water partition coefficient (Wildman–Crippen LogP) is 4.30. The molecule has 3 aromatic rings. The zero-order valence-corrected chi connectivity index (χ0v) is 18.0. The van der Waals surface area contributed by atoms with E-state index >= 15 is 0 Å². The van der Waals surface area contributed by atoms with Crippen LogP contribution in [0, 0.1) is 0 Å². The van der Waals surface area contributed by atoms with E-state index in [-0.39, 0.29) is 18.1 Å². The number of hydrogen-bond donors (Lipinski definition) is 0. The van der Waals surface area contributed by atoms with Crippen molar-refractivity contribution in [3.63, 3.8) is 0 Å². The zero-order chi connectivity index (χ0) is 21.5. The minimum atomic E-state index is -0.604. The fourth-order valence-electron chi connectivity index (χ4n) is 2.86. The van der Waals surface area contributed by atoms with Gasteiger partial charge >= 0.3 is 5.97 Å². The molecule has 0 saturated carbocycles. The molecule has 158 valence electrons. The van der Waals surface area contributed by atoms with E-state index in [1.807, 2.05) is 45.0 Å². The first-order chi connectivity index (χ1) is 14.6. The van der Waals surface area contributed by atoms with Crippen molar-refractivity contribution in [1.82, 2.24) is 4.98 Å². The molecule has 1 heterocycles. The van der Waals surface area contributed by atoms with E-state index in [9.17, 15) is 9.59 Å². The number of carbonyl (C=O) groups is 2. The Hall–Kier alpha value is -3.13. The van der Waals surface area contributed by atoms with E-state index in [2.05, 4.69) is 4.98 Å². The molecule has 8 heteroatoms. The number of rotatable bonds is 9. The average Bonchev–Trinajstić information content (AvgIpc) is 3.17. The summed E-state index contributed by atoms with van der Waals surface area (Å²) in [6, 6.07) is 12.5. The van der Waals surface area contributed by atoms with Crippen LogP contribution < -0.4 is 14.4 Å². The molecule has 0 aliphatic rings. The van der Waals surface area contributed by atoms with Gasteiger partial charge in [-0.1, -0.05) is 23.5 Å². The van der Waals surface area contributed by atoms with E-state index in [4.69, 9.17) is 14.2 Å². The van der Waals surface area contributed by atoms with Gasteiger partial charge in [-0.05, 0) is 51.1 Å². The smallest absolute Gasteiger partial charge is 0.338 e. The molecule has 0 unspecified atom stereocenters. The number of thiazole rings is 1. The Labute approximate surface area is 179 Å². The molecule has 0 bridgehead atoms. The zero-order valence-electron chi connectivity index (χ0n) is 17.2. The molecule has 0 N–H and O–H groups in total. The Kier molecular flexibility index (Phi) is 7.24. The summed E-state index contributed by atoms with van der Waals surface area (Å²) in [7, 11) is 0. The summed E-state index contributed by atoms with van der Waals surface area (Å²) in [4.78, 5) is 31.1. The number of likely N-dealkylation sites (N-methyl/N-ethyl adjacent to an activating group) is 1. The SMILES string of the molecule is CCOc1ccc(C(=O)OCC(=O)N(CC)c2nc3ccccc3s2)cc1OCC. The number of benzene rings is 2. The Bertz CT molecular complexity index is 1000. The summed E-state index contributed by atoms with van der Waals surface area (Å²) in [5.74, 6) is 0.0818. The number of esters is 1. The van der Waals surface area contributed by atoms with Gasteiger partial charge in [0.2, 0.25) is 0 Å². The molecule has 0 saturated heterocycles. The highest BCUT2D eigenvalue weighted by Gasteiger charge is 2.20. The Balaban J connectivity index is 1.68. The number of para-hydroxylation sites is 1. The summed E-state index contributed by atoms with van der Waals surface area (Å²) in [5.41, 5.74) is 1.12. The second kappa shape index (κ2) is 10.1. The lowest BCUT2D eigenvalue weighted by molar-refractivity contribution is -0.121. The Morgan fingerprint density at radius 3 is 2.43 bits per heavy atom. The van der Waals surface area contributed by atoms with Crippen LogP contribution in [0.5, 0.6) is 11.5 Å². The highest BCUT2D eigenvalue weighted by atomic mass is 32.1. The number of aromatic nitrogens is 1. The summed E-state index contributed by atoms with van der Waals surface area (Å²) < 4.78 is 17.3. The van der Waals surface area contributed by atoms with Crippen molar-refractivity contribution in [2.24, 2.45) is 0 Å². The second-order valence-corrected chi connectivity index (χ2v) is 7.21. The third kappa shape index (κ3) is 4.88. The van der Waals surface area contributed by atoms with E-state index < -0.39 is 5.97 Å². The quantitative estimate of drug-likeness (QED) is 0.473. The van der Waals surface area contributed by atoms with Crippen LogP contribution in [-0.4, -0.2) is 43.2 Å². The highest BCUT2D eigenvalue weighted by Crippen LogP contribution is 2.30. The fourth-order valence-corrected chi connectivity index (χ4v) is 3.91. The molecule has 0 radical (unpaired) electrons. The first-order valence-electron chi connectivity index (χ1n) is 9.80. The molecule has 0 spiro atoms. The number of nitrogens with zero attached hydrogens (tertiary/aromatic N) is 2. The monoisotopic (exact) mass is 428 g/mol. The topological polar surface area (TPSA) is 78.0 Å². The predicted molar refractivity (Wildman–Crippen MR) is 117 cm³/mol. The summed E-state index contributed by atoms with van der Waals surface area (Å²) in [5, 5.41) is 0.583. The van der Waals surface area contributed by atoms with Crippen LogP contribution in [0.4, 0.5) is 5.13 Å². The third-order valence-corrected chi connectivity index (χ3v) is 5.30. The summed E-state index contributed by atoms with van der Waals surface area (Å²) >= 11 is 1.43. The summed E-state index contributed by atoms with van der Waals surface area (Å²) in [6.45, 7) is 6.54. The van der Waals surface area contributed by atoms with E-state index in [0.717, 1.165) is 10.2 Å². The molecule has 30 heavy (non-hydrogen) atoms. The van der Waals surface area contributed by atoms with Gasteiger partial charge in [-0.15, -0.1) is 0 Å². The van der Waals surface area contributed by atoms with Gasteiger partial charge in [0.25, 0.3) is 5.91 Å². The lowest BCUT2D eigenvalue weighted by Gasteiger charge is -2.17. The van der Waals surface area contributed by atoms with Gasteiger partial charge < -0.3 is 14.2 Å². The minimum absolute atomic E-state index is 0.290. The lowest BCUT2D eigenvalue weighted by Crippen LogP contribution is -2.34. The Morgan fingerprint density at radius 2 is 1.73 bits per heavy atom. The van der Waals surface area contributed by atoms with Crippen molar-refractivity contribution in [2.45, 2.75) is 20.8 Å². The number of carbonyl (C=O) groups excluding carboxylic acids is 2. The number of anilines is 1. The molecule has 0 aliphatic heterocycles. The average molecular weight is 429 g/mol. The third-order valence-electron chi connectivity index (χ3n) is 4.24. The molecule has 0 fully saturated rings. The van der Waals surface area contributed by atoms with Gasteiger partial charge in [0.05, 0.1) is 29.0 Å². The first kappa shape index (κ1) is 21.6. The normalized spacial score (nSPS) is 10.6. The molecule has 0 aliphatic carbocycles. The van der Waals surface area contributed by atoms with E-state index in [1.54, 1.807) is 18.2 Å². The molecule has 1 amide bonds. The number of ether oxygens (including phenoxy) is 3. The molecule has 1 aromatic heterocycles. The van der Waals surface area contributed by atoms with Crippen LogP contribution in [-0.2, 0) is 9.53 Å². The maximum atomic E-state index is 12.7. The summed E-state index contributed by atoms with van der Waals surface area (Å²) in [6.07, 6.45) is 0. The molecule has 2 aromatic carbocycles. The van der Waals surface area contributed by atoms with Crippen molar-refractivity contribution < 1.29 is 23.8 Å². The molecule has 0 atom stereocenters. The fraction of sp³-hybridized carbons (Fsp3) is 0.318. The van der Waals surface area contributed by atoms with Gasteiger partial charge in [0.1, 0.15) is 0 Å². The van der Waals surface area contributed by atoms with Gasteiger partial charge in [0.15, 0.2) is 23.2 Å². The van der Waals surface area contributed by atoms with Crippen molar-refractivity contribution in [2.75, 3.05) is 31.3 Å². The first-order valence-corrected chi connectivity index (χ1v) is 10.6. The highest BCUT2D eigenvalue weighted by molar-refractivity contribution is 7.22. The van der Waals surface area contributed by atoms with Crippen molar-refractivity contribution >= 4 is 38.6 Å². The largest absolute Gasteiger partial charge is 0.490 e. The number of hydrogen-bond acceptors (Lipinski definition) is 7. The van der Waals surface area contributed by atoms with Crippen LogP contribution in [0.1, 0.15) is 31.1 Å². The van der Waals surface area contributed by atoms with Crippen molar-refractivity contribution in [3.05, 3.63) is 48.0 Å². The van der Waals surface area contributed by atoms with Gasteiger partial charge in [0, 0.05) is 6.54 Å². The van der Waals surface area contributed by atoms with Crippen LogP contribution in [0.25, 0.3) is 10.2 Å². The molecule has 3 rings (SSSR count). The van der Waals surface area contributed by atoms with Crippen molar-refractivity contribution in [3.8, 4) is 11.5 Å². The number of amides is 1. The molecular formula is C22H24N2O5S. The number of fused-ring (bicyclic) bond motifs is 1. The molecule has 7 nitrogen and oxygen atoms in total. The van der Waals surface area contributed by atoms with Gasteiger partial charge in [-0.2, -0.15) is 0 Å². The Morgan fingerprint density at radius 1 is 1.00 bits per heavy atom. The minimum Gasteiger partial charge on any atom is -0.490 e. The molecular weight excluding hydrogens is 404 g/mol. The van der Waals surface area contributed by atoms with Crippen molar-refractivity contribution in [1.29, 1.82) is 0 Å². The van der Waals surface area contributed by atoms with E-state index in [0.29, 0.717) is 36.4 Å². The van der Waals surface area contributed by atoms with Crippen LogP contribution in [0.3, 0.4) is 0 Å². The van der Waals surface area contributed by atoms with Gasteiger partial charge in [-0.25, -0.2) is 9.78 Å². The second-order valence-electron chi connectivity index (χ2n) is 6.21. The standard InChI is InChI=1S/C22H24N2O5S/c1-4-24(22-23-16-9-7-8-10-19(16)30-22)20(25)14-29-21(26)15-11-12-17(27-5-2)18(13-15)28-6-3/h7-13H,4-6,14H2,1-3H3.